The number of nitrogens with one attached hydrogen (secondary N) is 1. The van der Waals surface area contributed by atoms with E-state index in [-0.39, 0.29) is 0 Å². The Balaban J connectivity index is 0.000000280. The number of piperidine rings is 1. The molecule has 0 bridgehead atoms. The lowest BCUT2D eigenvalue weighted by atomic mass is 10.2. The van der Waals surface area contributed by atoms with Gasteiger partial charge in [0.05, 0.1) is 0 Å². The van der Waals surface area contributed by atoms with Crippen LogP contribution in [0.4, 0.5) is 0 Å². The second-order valence-corrected chi connectivity index (χ2v) is 3.51. The maximum atomic E-state index is 10.5. The summed E-state index contributed by atoms with van der Waals surface area (Å²) in [5, 5.41) is 3.28. The zero-order chi connectivity index (χ0) is 11.5. The monoisotopic (exact) mass is 214 g/mol. The first-order valence-electron chi connectivity index (χ1n) is 5.51. The van der Waals surface area contributed by atoms with Crippen molar-refractivity contribution in [1.29, 1.82) is 0 Å². The van der Waals surface area contributed by atoms with Crippen LogP contribution in [0.25, 0.3) is 0 Å². The average Bonchev–Trinajstić information content (AvgIpc) is 2.31. The molecule has 15 heavy (non-hydrogen) atoms. The van der Waals surface area contributed by atoms with Gasteiger partial charge < -0.3 is 10.2 Å². The highest BCUT2D eigenvalue weighted by Gasteiger charge is 2.00. The molecule has 88 valence electrons. The highest BCUT2D eigenvalue weighted by Crippen LogP contribution is 1.96. The van der Waals surface area contributed by atoms with Crippen LogP contribution in [-0.2, 0) is 9.63 Å². The second kappa shape index (κ2) is 9.68. The summed E-state index contributed by atoms with van der Waals surface area (Å²) < 4.78 is 0. The molecule has 0 spiro atoms. The van der Waals surface area contributed by atoms with Crippen LogP contribution in [0.2, 0.25) is 0 Å². The molecule has 0 aromatic carbocycles. The largest absolute Gasteiger partial charge is 0.370 e. The first-order valence-corrected chi connectivity index (χ1v) is 5.51. The lowest BCUT2D eigenvalue weighted by Gasteiger charge is -2.08. The van der Waals surface area contributed by atoms with Crippen molar-refractivity contribution in [3.8, 4) is 0 Å². The SMILES string of the molecule is C1CCNCC1.CCC=C(C)C(=O)ON. The third-order valence-corrected chi connectivity index (χ3v) is 2.15. The smallest absolute Gasteiger partial charge is 0.351 e. The summed E-state index contributed by atoms with van der Waals surface area (Å²) in [6.07, 6.45) is 6.79. The van der Waals surface area contributed by atoms with Crippen LogP contribution in [-0.4, -0.2) is 19.1 Å². The zero-order valence-electron chi connectivity index (χ0n) is 9.71. The van der Waals surface area contributed by atoms with Gasteiger partial charge in [0.1, 0.15) is 0 Å². The van der Waals surface area contributed by atoms with Crippen molar-refractivity contribution in [3.05, 3.63) is 11.6 Å². The van der Waals surface area contributed by atoms with Gasteiger partial charge in [-0.2, -0.15) is 5.90 Å². The number of nitrogens with two attached hydrogens (primary N) is 1. The lowest BCUT2D eigenvalue weighted by molar-refractivity contribution is -0.139. The Morgan fingerprint density at radius 1 is 1.40 bits per heavy atom. The Bertz CT molecular complexity index is 187. The van der Waals surface area contributed by atoms with Crippen molar-refractivity contribution in [1.82, 2.24) is 5.32 Å². The van der Waals surface area contributed by atoms with Gasteiger partial charge in [-0.05, 0) is 39.3 Å². The van der Waals surface area contributed by atoms with Crippen molar-refractivity contribution in [3.63, 3.8) is 0 Å². The predicted molar refractivity (Wildman–Crippen MR) is 61.0 cm³/mol. The number of carbonyl (C=O) groups is 1. The van der Waals surface area contributed by atoms with Crippen LogP contribution in [0.5, 0.6) is 0 Å². The van der Waals surface area contributed by atoms with E-state index in [2.05, 4.69) is 16.1 Å². The van der Waals surface area contributed by atoms with Gasteiger partial charge >= 0.3 is 5.97 Å². The molecule has 1 rings (SSSR count). The number of carbonyl (C=O) groups excluding carboxylic acids is 1. The third-order valence-electron chi connectivity index (χ3n) is 2.15. The maximum absolute atomic E-state index is 10.5. The molecule has 0 aromatic rings. The molecule has 1 fully saturated rings. The molecule has 1 aliphatic heterocycles. The van der Waals surface area contributed by atoms with Crippen molar-refractivity contribution in [2.45, 2.75) is 39.5 Å². The number of hydrogen-bond acceptors (Lipinski definition) is 4. The highest BCUT2D eigenvalue weighted by atomic mass is 16.7. The fraction of sp³-hybridized carbons (Fsp3) is 0.727. The van der Waals surface area contributed by atoms with Crippen LogP contribution in [0.15, 0.2) is 11.6 Å². The molecule has 0 aliphatic carbocycles. The summed E-state index contributed by atoms with van der Waals surface area (Å²) in [5.74, 6) is 4.15. The maximum Gasteiger partial charge on any atom is 0.351 e. The first kappa shape index (κ1) is 14.1. The van der Waals surface area contributed by atoms with Crippen molar-refractivity contribution in [2.24, 2.45) is 5.90 Å². The van der Waals surface area contributed by atoms with Gasteiger partial charge in [0, 0.05) is 5.57 Å². The van der Waals surface area contributed by atoms with Crippen LogP contribution in [0, 0.1) is 0 Å². The summed E-state index contributed by atoms with van der Waals surface area (Å²) in [4.78, 5) is 14.4. The molecule has 1 aliphatic rings. The van der Waals surface area contributed by atoms with E-state index in [1.54, 1.807) is 13.0 Å². The lowest BCUT2D eigenvalue weighted by Crippen LogP contribution is -2.21. The summed E-state index contributed by atoms with van der Waals surface area (Å²) >= 11 is 0. The van der Waals surface area contributed by atoms with Gasteiger partial charge in [-0.15, -0.1) is 0 Å². The number of rotatable bonds is 2. The Kier molecular flexibility index (Phi) is 9.11. The van der Waals surface area contributed by atoms with E-state index in [0.717, 1.165) is 6.42 Å². The van der Waals surface area contributed by atoms with Crippen molar-refractivity contribution in [2.75, 3.05) is 13.1 Å². The molecule has 0 aromatic heterocycles. The fourth-order valence-electron chi connectivity index (χ4n) is 1.28. The van der Waals surface area contributed by atoms with E-state index in [0.29, 0.717) is 5.57 Å². The Morgan fingerprint density at radius 3 is 2.27 bits per heavy atom. The molecule has 3 N–H and O–H groups in total. The van der Waals surface area contributed by atoms with Crippen LogP contribution >= 0.6 is 0 Å². The molecular formula is C11H22N2O2. The van der Waals surface area contributed by atoms with Crippen LogP contribution in [0.3, 0.4) is 0 Å². The van der Waals surface area contributed by atoms with Crippen LogP contribution in [0.1, 0.15) is 39.5 Å². The molecule has 1 heterocycles. The van der Waals surface area contributed by atoms with Gasteiger partial charge in [0.25, 0.3) is 0 Å². The van der Waals surface area contributed by atoms with Gasteiger partial charge in [-0.1, -0.05) is 19.4 Å². The van der Waals surface area contributed by atoms with Gasteiger partial charge in [0.15, 0.2) is 0 Å². The molecule has 0 saturated carbocycles. The van der Waals surface area contributed by atoms with Gasteiger partial charge in [-0.25, -0.2) is 4.79 Å². The normalized spacial score (nSPS) is 16.3. The summed E-state index contributed by atoms with van der Waals surface area (Å²) in [5.41, 5.74) is 0.556. The summed E-state index contributed by atoms with van der Waals surface area (Å²) in [6, 6.07) is 0. The van der Waals surface area contributed by atoms with E-state index in [1.165, 1.54) is 32.4 Å². The minimum atomic E-state index is -0.461. The minimum absolute atomic E-state index is 0.461. The molecule has 4 heteroatoms. The highest BCUT2D eigenvalue weighted by molar-refractivity contribution is 5.87. The van der Waals surface area contributed by atoms with E-state index >= 15 is 0 Å². The van der Waals surface area contributed by atoms with Crippen molar-refractivity contribution < 1.29 is 9.63 Å². The quantitative estimate of drug-likeness (QED) is 0.540. The van der Waals surface area contributed by atoms with E-state index in [9.17, 15) is 4.79 Å². The summed E-state index contributed by atoms with van der Waals surface area (Å²) in [6.45, 7) is 6.10. The first-order chi connectivity index (χ1) is 7.22. The summed E-state index contributed by atoms with van der Waals surface area (Å²) in [7, 11) is 0. The Hall–Kier alpha value is -0.870. The molecular weight excluding hydrogens is 192 g/mol. The van der Waals surface area contributed by atoms with E-state index in [4.69, 9.17) is 0 Å². The van der Waals surface area contributed by atoms with Gasteiger partial charge in [-0.3, -0.25) is 0 Å². The topological polar surface area (TPSA) is 64.3 Å². The second-order valence-electron chi connectivity index (χ2n) is 3.51. The Labute approximate surface area is 91.8 Å². The fourth-order valence-corrected chi connectivity index (χ4v) is 1.28. The van der Waals surface area contributed by atoms with Crippen molar-refractivity contribution >= 4 is 5.97 Å². The number of hydrogen-bond donors (Lipinski definition) is 2. The predicted octanol–water partition coefficient (Wildman–Crippen LogP) is 1.52. The minimum Gasteiger partial charge on any atom is -0.370 e. The molecule has 4 nitrogen and oxygen atoms in total. The average molecular weight is 214 g/mol. The molecule has 0 unspecified atom stereocenters. The van der Waals surface area contributed by atoms with E-state index in [1.807, 2.05) is 6.92 Å². The van der Waals surface area contributed by atoms with E-state index < -0.39 is 5.97 Å². The molecule has 0 radical (unpaired) electrons. The molecule has 1 saturated heterocycles. The van der Waals surface area contributed by atoms with Gasteiger partial charge in [0.2, 0.25) is 0 Å². The molecule has 0 atom stereocenters. The number of allylic oxidation sites excluding steroid dienone is 1. The van der Waals surface area contributed by atoms with Crippen LogP contribution < -0.4 is 11.2 Å². The zero-order valence-corrected chi connectivity index (χ0v) is 9.71. The third kappa shape index (κ3) is 8.15. The molecule has 0 amide bonds. The Morgan fingerprint density at radius 2 is 2.00 bits per heavy atom. The standard InChI is InChI=1S/C6H11NO2.C5H11N/c1-3-4-5(2)6(8)9-7;1-2-4-6-5-3-1/h4H,3,7H2,1-2H3;6H,1-5H2.